The molecule has 1 aliphatic carbocycles. The third-order valence-corrected chi connectivity index (χ3v) is 5.22. The highest BCUT2D eigenvalue weighted by atomic mass is 16.5. The second-order valence-electron chi connectivity index (χ2n) is 6.65. The number of aryl methyl sites for hydroxylation is 1. The average molecular weight is 317 g/mol. The van der Waals surface area contributed by atoms with Crippen LogP contribution < -0.4 is 5.73 Å². The normalized spacial score (nSPS) is 22.7. The topological polar surface area (TPSA) is 85.5 Å². The molecule has 1 aromatic heterocycles. The number of hydrogen-bond acceptors (Lipinski definition) is 4. The van der Waals surface area contributed by atoms with E-state index >= 15 is 0 Å². The molecule has 1 aromatic rings. The minimum Gasteiger partial charge on any atom is -0.368 e. The van der Waals surface area contributed by atoms with Gasteiger partial charge in [-0.25, -0.2) is 0 Å². The number of aromatic nitrogens is 1. The average Bonchev–Trinajstić information content (AvgIpc) is 2.54. The number of pyridine rings is 1. The molecule has 1 aliphatic heterocycles. The standard InChI is InChI=1S/C17H23N3O3/c1-12-2-3-13(10-19-12)16(22)20-8-6-17(7-9-20)5-4-14(17)23-11-15(18)21/h2-3,10,14H,4-9,11H2,1H3,(H2,18,21). The number of likely N-dealkylation sites (tertiary alicyclic amines) is 1. The second kappa shape index (κ2) is 6.28. The van der Waals surface area contributed by atoms with E-state index < -0.39 is 5.91 Å². The van der Waals surface area contributed by atoms with Gasteiger partial charge in [-0.05, 0) is 44.7 Å². The van der Waals surface area contributed by atoms with E-state index in [-0.39, 0.29) is 24.0 Å². The summed E-state index contributed by atoms with van der Waals surface area (Å²) < 4.78 is 5.64. The zero-order valence-electron chi connectivity index (χ0n) is 13.5. The molecule has 2 heterocycles. The zero-order valence-corrected chi connectivity index (χ0v) is 13.5. The molecule has 0 aromatic carbocycles. The highest BCUT2D eigenvalue weighted by Crippen LogP contribution is 2.50. The Balaban J connectivity index is 1.57. The first-order chi connectivity index (χ1) is 11.0. The summed E-state index contributed by atoms with van der Waals surface area (Å²) in [5.41, 5.74) is 6.82. The molecule has 1 unspecified atom stereocenters. The maximum atomic E-state index is 12.5. The van der Waals surface area contributed by atoms with Crippen molar-refractivity contribution >= 4 is 11.8 Å². The fraction of sp³-hybridized carbons (Fsp3) is 0.588. The molecule has 6 nitrogen and oxygen atoms in total. The quantitative estimate of drug-likeness (QED) is 0.906. The Morgan fingerprint density at radius 1 is 1.35 bits per heavy atom. The van der Waals surface area contributed by atoms with Crippen LogP contribution in [0.3, 0.4) is 0 Å². The number of amides is 2. The highest BCUT2D eigenvalue weighted by Gasteiger charge is 2.49. The summed E-state index contributed by atoms with van der Waals surface area (Å²) in [4.78, 5) is 29.5. The maximum Gasteiger partial charge on any atom is 0.255 e. The van der Waals surface area contributed by atoms with E-state index in [1.54, 1.807) is 6.20 Å². The summed E-state index contributed by atoms with van der Waals surface area (Å²) in [6.45, 7) is 3.35. The fourth-order valence-electron chi connectivity index (χ4n) is 3.62. The lowest BCUT2D eigenvalue weighted by Gasteiger charge is -2.53. The van der Waals surface area contributed by atoms with Crippen molar-refractivity contribution in [1.82, 2.24) is 9.88 Å². The number of carbonyl (C=O) groups excluding carboxylic acids is 2. The largest absolute Gasteiger partial charge is 0.368 e. The van der Waals surface area contributed by atoms with Crippen molar-refractivity contribution < 1.29 is 14.3 Å². The third-order valence-electron chi connectivity index (χ3n) is 5.22. The molecule has 0 radical (unpaired) electrons. The van der Waals surface area contributed by atoms with Gasteiger partial charge in [0.05, 0.1) is 11.7 Å². The molecule has 2 N–H and O–H groups in total. The molecule has 1 saturated heterocycles. The van der Waals surface area contributed by atoms with Crippen LogP contribution in [0.25, 0.3) is 0 Å². The van der Waals surface area contributed by atoms with E-state index in [4.69, 9.17) is 10.5 Å². The van der Waals surface area contributed by atoms with Gasteiger partial charge in [-0.2, -0.15) is 0 Å². The van der Waals surface area contributed by atoms with Gasteiger partial charge in [-0.3, -0.25) is 14.6 Å². The van der Waals surface area contributed by atoms with E-state index in [2.05, 4.69) is 4.98 Å². The molecule has 2 amide bonds. The Morgan fingerprint density at radius 2 is 2.09 bits per heavy atom. The second-order valence-corrected chi connectivity index (χ2v) is 6.65. The number of nitrogens with zero attached hydrogens (tertiary/aromatic N) is 2. The van der Waals surface area contributed by atoms with Crippen molar-refractivity contribution in [3.05, 3.63) is 29.6 Å². The van der Waals surface area contributed by atoms with Gasteiger partial charge in [0, 0.05) is 30.4 Å². The van der Waals surface area contributed by atoms with Crippen LogP contribution in [0.1, 0.15) is 41.7 Å². The summed E-state index contributed by atoms with van der Waals surface area (Å²) in [6, 6.07) is 3.69. The smallest absolute Gasteiger partial charge is 0.255 e. The first-order valence-corrected chi connectivity index (χ1v) is 8.12. The Labute approximate surface area is 136 Å². The van der Waals surface area contributed by atoms with Gasteiger partial charge in [0.1, 0.15) is 6.61 Å². The van der Waals surface area contributed by atoms with Crippen LogP contribution in [-0.4, -0.2) is 47.5 Å². The van der Waals surface area contributed by atoms with E-state index in [1.807, 2.05) is 24.0 Å². The van der Waals surface area contributed by atoms with Gasteiger partial charge in [-0.1, -0.05) is 0 Å². The van der Waals surface area contributed by atoms with Crippen LogP contribution >= 0.6 is 0 Å². The number of hydrogen-bond donors (Lipinski definition) is 1. The van der Waals surface area contributed by atoms with E-state index in [9.17, 15) is 9.59 Å². The molecule has 3 rings (SSSR count). The van der Waals surface area contributed by atoms with Crippen molar-refractivity contribution in [3.8, 4) is 0 Å². The van der Waals surface area contributed by atoms with Gasteiger partial charge in [0.2, 0.25) is 5.91 Å². The number of piperidine rings is 1. The van der Waals surface area contributed by atoms with Crippen LogP contribution in [-0.2, 0) is 9.53 Å². The molecule has 0 bridgehead atoms. The predicted molar refractivity (Wildman–Crippen MR) is 84.7 cm³/mol. The summed E-state index contributed by atoms with van der Waals surface area (Å²) in [6.07, 6.45) is 5.66. The van der Waals surface area contributed by atoms with Gasteiger partial charge >= 0.3 is 0 Å². The lowest BCUT2D eigenvalue weighted by molar-refractivity contribution is -0.148. The van der Waals surface area contributed by atoms with Gasteiger partial charge < -0.3 is 15.4 Å². The molecule has 2 aliphatic rings. The number of carbonyl (C=O) groups is 2. The maximum absolute atomic E-state index is 12.5. The van der Waals surface area contributed by atoms with Crippen LogP contribution in [0.15, 0.2) is 18.3 Å². The molecule has 1 atom stereocenters. The van der Waals surface area contributed by atoms with E-state index in [0.29, 0.717) is 5.56 Å². The zero-order chi connectivity index (χ0) is 16.4. The molecule has 2 fully saturated rings. The van der Waals surface area contributed by atoms with Crippen molar-refractivity contribution in [1.29, 1.82) is 0 Å². The highest BCUT2D eigenvalue weighted by molar-refractivity contribution is 5.94. The number of rotatable bonds is 4. The SMILES string of the molecule is Cc1ccc(C(=O)N2CCC3(CCC3OCC(N)=O)CC2)cn1. The third kappa shape index (κ3) is 3.22. The fourth-order valence-corrected chi connectivity index (χ4v) is 3.62. The Hall–Kier alpha value is -1.95. The molecule has 6 heteroatoms. The molecular weight excluding hydrogens is 294 g/mol. The number of ether oxygens (including phenoxy) is 1. The van der Waals surface area contributed by atoms with Crippen molar-refractivity contribution in [2.75, 3.05) is 19.7 Å². The predicted octanol–water partition coefficient (Wildman–Crippen LogP) is 1.28. The Bertz CT molecular complexity index is 592. The summed E-state index contributed by atoms with van der Waals surface area (Å²) in [7, 11) is 0. The van der Waals surface area contributed by atoms with Crippen molar-refractivity contribution in [2.45, 2.75) is 38.7 Å². The molecular formula is C17H23N3O3. The lowest BCUT2D eigenvalue weighted by atomic mass is 9.60. The van der Waals surface area contributed by atoms with Crippen LogP contribution in [0.2, 0.25) is 0 Å². The minimum atomic E-state index is -0.425. The minimum absolute atomic E-state index is 0.00982. The van der Waals surface area contributed by atoms with Crippen LogP contribution in [0, 0.1) is 12.3 Å². The number of nitrogens with two attached hydrogens (primary N) is 1. The Morgan fingerprint density at radius 3 is 2.61 bits per heavy atom. The molecule has 1 spiro atoms. The molecule has 124 valence electrons. The lowest BCUT2D eigenvalue weighted by Crippen LogP contribution is -2.54. The molecule has 1 saturated carbocycles. The van der Waals surface area contributed by atoms with Gasteiger partial charge in [0.15, 0.2) is 0 Å². The summed E-state index contributed by atoms with van der Waals surface area (Å²) >= 11 is 0. The van der Waals surface area contributed by atoms with Crippen LogP contribution in [0.5, 0.6) is 0 Å². The summed E-state index contributed by atoms with van der Waals surface area (Å²) in [5.74, 6) is -0.382. The van der Waals surface area contributed by atoms with Crippen molar-refractivity contribution in [3.63, 3.8) is 0 Å². The van der Waals surface area contributed by atoms with Crippen molar-refractivity contribution in [2.24, 2.45) is 11.1 Å². The monoisotopic (exact) mass is 317 g/mol. The first kappa shape index (κ1) is 15.9. The Kier molecular flexibility index (Phi) is 4.35. The summed E-state index contributed by atoms with van der Waals surface area (Å²) in [5, 5.41) is 0. The van der Waals surface area contributed by atoms with E-state index in [1.165, 1.54) is 0 Å². The van der Waals surface area contributed by atoms with Gasteiger partial charge in [-0.15, -0.1) is 0 Å². The van der Waals surface area contributed by atoms with E-state index in [0.717, 1.165) is 44.5 Å². The molecule has 23 heavy (non-hydrogen) atoms. The van der Waals surface area contributed by atoms with Crippen LogP contribution in [0.4, 0.5) is 0 Å². The van der Waals surface area contributed by atoms with Gasteiger partial charge in [0.25, 0.3) is 5.91 Å². The first-order valence-electron chi connectivity index (χ1n) is 8.12. The number of primary amides is 1.